The van der Waals surface area contributed by atoms with Crippen molar-refractivity contribution in [2.75, 3.05) is 13.2 Å². The summed E-state index contributed by atoms with van der Waals surface area (Å²) in [5.41, 5.74) is 0. The van der Waals surface area contributed by atoms with Crippen molar-refractivity contribution in [1.82, 2.24) is 5.32 Å². The number of hydrogen-bond acceptors (Lipinski definition) is 8. The maximum Gasteiger partial charge on any atom is 0.220 e. The van der Waals surface area contributed by atoms with Crippen molar-refractivity contribution in [3.63, 3.8) is 0 Å². The van der Waals surface area contributed by atoms with Crippen LogP contribution in [0.25, 0.3) is 0 Å². The number of nitrogens with one attached hydrogen (secondary N) is 1. The predicted octanol–water partition coefficient (Wildman–Crippen LogP) is 21.4. The highest BCUT2D eigenvalue weighted by atomic mass is 16.7. The van der Waals surface area contributed by atoms with Crippen LogP contribution in [-0.2, 0) is 14.3 Å². The SMILES string of the molecule is CC/C=C\C/C=C\C/C=C\C/C=C\C/C=C\C/C=C\C/C=C\C/C=C\C/C=C\CCCCCCCCCCCCCC(=O)NC(COC1OC(CO)C(O)C(O)C1O)C(O)/C=C/CCCCCCCCCCCCCCCCCCCCCCCCCCCC. The fourth-order valence-corrected chi connectivity index (χ4v) is 11.4. The molecule has 518 valence electrons. The predicted molar refractivity (Wildman–Crippen MR) is 387 cm³/mol. The molecule has 7 atom stereocenters. The molecule has 0 aromatic rings. The topological polar surface area (TPSA) is 149 Å². The zero-order valence-electron chi connectivity index (χ0n) is 58.1. The third-order valence-corrected chi connectivity index (χ3v) is 17.3. The maximum atomic E-state index is 13.2. The first-order valence-corrected chi connectivity index (χ1v) is 37.8. The van der Waals surface area contributed by atoms with Gasteiger partial charge in [-0.25, -0.2) is 0 Å². The molecule has 0 aliphatic carbocycles. The van der Waals surface area contributed by atoms with Gasteiger partial charge in [-0.1, -0.05) is 354 Å². The molecule has 1 aliphatic rings. The monoisotopic (exact) mass is 1260 g/mol. The molecule has 1 heterocycles. The molecule has 6 N–H and O–H groups in total. The summed E-state index contributed by atoms with van der Waals surface area (Å²) in [6.07, 6.45) is 95.9. The minimum Gasteiger partial charge on any atom is -0.394 e. The highest BCUT2D eigenvalue weighted by molar-refractivity contribution is 5.76. The zero-order chi connectivity index (χ0) is 64.9. The second-order valence-corrected chi connectivity index (χ2v) is 25.7. The number of ether oxygens (including phenoxy) is 2. The lowest BCUT2D eigenvalue weighted by molar-refractivity contribution is -0.302. The molecule has 90 heavy (non-hydrogen) atoms. The van der Waals surface area contributed by atoms with Crippen molar-refractivity contribution in [2.45, 2.75) is 371 Å². The summed E-state index contributed by atoms with van der Waals surface area (Å²) < 4.78 is 11.3. The van der Waals surface area contributed by atoms with E-state index in [0.717, 1.165) is 103 Å². The van der Waals surface area contributed by atoms with E-state index in [1.807, 2.05) is 6.08 Å². The Kier molecular flexibility index (Phi) is 64.3. The lowest BCUT2D eigenvalue weighted by Gasteiger charge is -2.40. The van der Waals surface area contributed by atoms with Gasteiger partial charge in [-0.3, -0.25) is 4.79 Å². The Balaban J connectivity index is 2.13. The molecular formula is C81H141NO8. The summed E-state index contributed by atoms with van der Waals surface area (Å²) >= 11 is 0. The maximum absolute atomic E-state index is 13.2. The van der Waals surface area contributed by atoms with Crippen molar-refractivity contribution in [2.24, 2.45) is 0 Å². The van der Waals surface area contributed by atoms with Gasteiger partial charge in [0.15, 0.2) is 6.29 Å². The van der Waals surface area contributed by atoms with Gasteiger partial charge in [-0.2, -0.15) is 0 Å². The van der Waals surface area contributed by atoms with Gasteiger partial charge in [0.2, 0.25) is 5.91 Å². The first-order valence-electron chi connectivity index (χ1n) is 37.8. The number of allylic oxidation sites excluding steroid dienone is 19. The highest BCUT2D eigenvalue weighted by Gasteiger charge is 2.44. The van der Waals surface area contributed by atoms with Gasteiger partial charge in [-0.05, 0) is 89.9 Å². The standard InChI is InChI=1S/C81H141NO8/c1-3-5-7-9-11-13-15-17-19-21-23-25-27-29-31-33-34-35-36-37-38-39-40-41-42-43-45-47-49-51-53-55-57-59-61-63-65-67-69-71-77(85)82-74(73-89-81-80(88)79(87)78(86)76(72-83)90-81)75(84)70-68-66-64-62-60-58-56-54-52-50-48-46-44-32-30-28-26-24-22-20-18-16-14-12-10-8-6-4-2/h5,7,11,13,17,19,23,25,29,31,34-35,37-38,40-41,43,45,68,70,74-76,78-81,83-84,86-88H,3-4,6,8-10,12,14-16,18,20-22,24,26-28,30,32-33,36,39,42,44,46-67,69,71-73H2,1-2H3,(H,82,85)/b7-5-,13-11-,19-17-,25-23-,31-29-,35-34-,38-37-,41-40-,45-43-,70-68+. The summed E-state index contributed by atoms with van der Waals surface area (Å²) in [4.78, 5) is 13.2. The molecule has 1 amide bonds. The number of aliphatic hydroxyl groups is 5. The van der Waals surface area contributed by atoms with E-state index in [1.165, 1.54) is 205 Å². The third-order valence-electron chi connectivity index (χ3n) is 17.3. The van der Waals surface area contributed by atoms with E-state index in [9.17, 15) is 30.3 Å². The van der Waals surface area contributed by atoms with Crippen molar-refractivity contribution in [3.05, 3.63) is 122 Å². The van der Waals surface area contributed by atoms with Crippen LogP contribution in [0.3, 0.4) is 0 Å². The molecule has 9 nitrogen and oxygen atoms in total. The molecule has 1 fully saturated rings. The Morgan fingerprint density at radius 1 is 0.389 bits per heavy atom. The number of carbonyl (C=O) groups is 1. The smallest absolute Gasteiger partial charge is 0.220 e. The minimum atomic E-state index is -1.57. The number of rotatable bonds is 65. The van der Waals surface area contributed by atoms with E-state index < -0.39 is 49.5 Å². The largest absolute Gasteiger partial charge is 0.394 e. The quantitative estimate of drug-likeness (QED) is 0.0261. The van der Waals surface area contributed by atoms with E-state index in [-0.39, 0.29) is 12.5 Å². The second kappa shape index (κ2) is 68.4. The van der Waals surface area contributed by atoms with E-state index in [0.29, 0.717) is 6.42 Å². The Labute approximate surface area is 554 Å². The Morgan fingerprint density at radius 2 is 0.689 bits per heavy atom. The molecule has 0 saturated carbocycles. The van der Waals surface area contributed by atoms with Gasteiger partial charge in [-0.15, -0.1) is 0 Å². The summed E-state index contributed by atoms with van der Waals surface area (Å²) in [6, 6.07) is -0.816. The van der Waals surface area contributed by atoms with Crippen molar-refractivity contribution in [1.29, 1.82) is 0 Å². The van der Waals surface area contributed by atoms with Crippen molar-refractivity contribution in [3.8, 4) is 0 Å². The summed E-state index contributed by atoms with van der Waals surface area (Å²) in [7, 11) is 0. The molecular weight excluding hydrogens is 1110 g/mol. The van der Waals surface area contributed by atoms with E-state index in [4.69, 9.17) is 9.47 Å². The van der Waals surface area contributed by atoms with Gasteiger partial charge >= 0.3 is 0 Å². The fraction of sp³-hybridized carbons (Fsp3) is 0.741. The second-order valence-electron chi connectivity index (χ2n) is 25.7. The molecule has 0 bridgehead atoms. The van der Waals surface area contributed by atoms with E-state index >= 15 is 0 Å². The number of aliphatic hydroxyl groups excluding tert-OH is 5. The van der Waals surface area contributed by atoms with E-state index in [2.05, 4.69) is 129 Å². The third kappa shape index (κ3) is 56.2. The lowest BCUT2D eigenvalue weighted by atomic mass is 9.99. The Hall–Kier alpha value is -3.41. The van der Waals surface area contributed by atoms with Crippen LogP contribution >= 0.6 is 0 Å². The van der Waals surface area contributed by atoms with Crippen LogP contribution in [0.2, 0.25) is 0 Å². The van der Waals surface area contributed by atoms with Crippen LogP contribution in [0.15, 0.2) is 122 Å². The molecule has 9 heteroatoms. The van der Waals surface area contributed by atoms with Gasteiger partial charge in [0.25, 0.3) is 0 Å². The summed E-state index contributed by atoms with van der Waals surface area (Å²) in [5.74, 6) is -0.181. The molecule has 1 aliphatic heterocycles. The first-order chi connectivity index (χ1) is 44.3. The number of hydrogen-bond donors (Lipinski definition) is 6. The molecule has 0 spiro atoms. The van der Waals surface area contributed by atoms with Crippen molar-refractivity contribution >= 4 is 5.91 Å². The van der Waals surface area contributed by atoms with Gasteiger partial charge in [0, 0.05) is 6.42 Å². The van der Waals surface area contributed by atoms with Crippen LogP contribution in [-0.4, -0.2) is 87.5 Å². The van der Waals surface area contributed by atoms with Crippen LogP contribution in [0.5, 0.6) is 0 Å². The molecule has 1 saturated heterocycles. The van der Waals surface area contributed by atoms with Gasteiger partial charge in [0.1, 0.15) is 24.4 Å². The molecule has 0 aromatic heterocycles. The molecule has 7 unspecified atom stereocenters. The summed E-state index contributed by atoms with van der Waals surface area (Å²) in [6.45, 7) is 3.70. The lowest BCUT2D eigenvalue weighted by Crippen LogP contribution is -2.60. The van der Waals surface area contributed by atoms with Crippen molar-refractivity contribution < 1.29 is 39.8 Å². The Morgan fingerprint density at radius 3 is 1.02 bits per heavy atom. The first kappa shape index (κ1) is 84.6. The molecule has 1 rings (SSSR count). The summed E-state index contributed by atoms with van der Waals surface area (Å²) in [5, 5.41) is 54.9. The van der Waals surface area contributed by atoms with Gasteiger partial charge < -0.3 is 40.3 Å². The normalized spacial score (nSPS) is 18.5. The van der Waals surface area contributed by atoms with Crippen LogP contribution in [0.4, 0.5) is 0 Å². The van der Waals surface area contributed by atoms with Gasteiger partial charge in [0.05, 0.1) is 25.4 Å². The fourth-order valence-electron chi connectivity index (χ4n) is 11.4. The Bertz CT molecular complexity index is 1840. The minimum absolute atomic E-state index is 0.181. The van der Waals surface area contributed by atoms with Crippen LogP contribution in [0, 0.1) is 0 Å². The zero-order valence-corrected chi connectivity index (χ0v) is 58.1. The van der Waals surface area contributed by atoms with Crippen LogP contribution in [0.1, 0.15) is 328 Å². The van der Waals surface area contributed by atoms with Crippen LogP contribution < -0.4 is 5.32 Å². The number of unbranched alkanes of at least 4 members (excludes halogenated alkanes) is 37. The molecule has 0 radical (unpaired) electrons. The highest BCUT2D eigenvalue weighted by Crippen LogP contribution is 2.23. The average Bonchev–Trinajstić information content (AvgIpc) is 2.75. The number of carbonyl (C=O) groups excluding carboxylic acids is 1. The molecule has 0 aromatic carbocycles. The average molecular weight is 1260 g/mol. The van der Waals surface area contributed by atoms with E-state index in [1.54, 1.807) is 6.08 Å². The number of amides is 1.